The summed E-state index contributed by atoms with van der Waals surface area (Å²) in [6, 6.07) is 4.25. The van der Waals surface area contributed by atoms with E-state index in [9.17, 15) is 10.1 Å². The number of halogens is 2. The fraction of sp³-hybridized carbons (Fsp3) is 0.182. The molecule has 0 atom stereocenters. The van der Waals surface area contributed by atoms with Crippen molar-refractivity contribution in [1.82, 2.24) is 4.98 Å². The lowest BCUT2D eigenvalue weighted by atomic mass is 10.1. The number of nitrogens with zero attached hydrogens (tertiary/aromatic N) is 2. The van der Waals surface area contributed by atoms with Gasteiger partial charge in [-0.25, -0.2) is 4.98 Å². The maximum absolute atomic E-state index is 10.7. The Labute approximate surface area is 112 Å². The zero-order chi connectivity index (χ0) is 13.1. The third-order valence-electron chi connectivity index (χ3n) is 2.24. The van der Waals surface area contributed by atoms with E-state index < -0.39 is 4.92 Å². The molecule has 0 N–H and O–H groups in total. The van der Waals surface area contributed by atoms with E-state index in [-0.39, 0.29) is 10.7 Å². The second-order valence-corrected chi connectivity index (χ2v) is 4.33. The molecule has 1 aromatic carbocycles. The summed E-state index contributed by atoms with van der Waals surface area (Å²) in [5.74, 6) is 1.32. The largest absolute Gasteiger partial charge is 0.441 e. The fourth-order valence-corrected chi connectivity index (χ4v) is 1.85. The molecular formula is C11H8Cl2N2O3. The third kappa shape index (κ3) is 2.80. The number of benzene rings is 1. The summed E-state index contributed by atoms with van der Waals surface area (Å²) in [5.41, 5.74) is 0.426. The number of nitro groups is 1. The van der Waals surface area contributed by atoms with E-state index in [1.54, 1.807) is 6.07 Å². The van der Waals surface area contributed by atoms with Gasteiger partial charge in [0.15, 0.2) is 11.7 Å². The van der Waals surface area contributed by atoms with Gasteiger partial charge in [-0.15, -0.1) is 11.6 Å². The normalized spacial score (nSPS) is 10.6. The molecule has 0 aliphatic heterocycles. The molecule has 0 unspecified atom stereocenters. The summed E-state index contributed by atoms with van der Waals surface area (Å²) in [5, 5.41) is 11.0. The van der Waals surface area contributed by atoms with Gasteiger partial charge in [0.2, 0.25) is 0 Å². The Kier molecular flexibility index (Phi) is 3.84. The monoisotopic (exact) mass is 286 g/mol. The van der Waals surface area contributed by atoms with E-state index in [1.807, 2.05) is 0 Å². The molecule has 1 aromatic heterocycles. The molecule has 0 bridgehead atoms. The van der Waals surface area contributed by atoms with Crippen LogP contribution >= 0.6 is 23.2 Å². The molecule has 0 saturated carbocycles. The smallest absolute Gasteiger partial charge is 0.271 e. The lowest BCUT2D eigenvalue weighted by Gasteiger charge is -1.98. The van der Waals surface area contributed by atoms with Crippen molar-refractivity contribution in [2.24, 2.45) is 0 Å². The number of rotatable bonds is 4. The first-order valence-corrected chi connectivity index (χ1v) is 5.97. The van der Waals surface area contributed by atoms with Crippen LogP contribution in [-0.2, 0) is 6.42 Å². The van der Waals surface area contributed by atoms with Crippen LogP contribution in [0, 0.1) is 10.1 Å². The van der Waals surface area contributed by atoms with Crippen LogP contribution in [0.15, 0.2) is 28.8 Å². The lowest BCUT2D eigenvalue weighted by molar-refractivity contribution is -0.384. The van der Waals surface area contributed by atoms with Crippen molar-refractivity contribution in [2.75, 3.05) is 5.88 Å². The summed E-state index contributed by atoms with van der Waals surface area (Å²) in [6.45, 7) is 0. The molecule has 7 heteroatoms. The summed E-state index contributed by atoms with van der Waals surface area (Å²) < 4.78 is 5.42. The first-order valence-electron chi connectivity index (χ1n) is 5.06. The number of hydrogen-bond acceptors (Lipinski definition) is 4. The van der Waals surface area contributed by atoms with Crippen LogP contribution in [0.4, 0.5) is 5.69 Å². The van der Waals surface area contributed by atoms with Crippen LogP contribution in [-0.4, -0.2) is 15.8 Å². The zero-order valence-electron chi connectivity index (χ0n) is 9.10. The molecule has 0 fully saturated rings. The van der Waals surface area contributed by atoms with Crippen molar-refractivity contribution in [2.45, 2.75) is 6.42 Å². The summed E-state index contributed by atoms with van der Waals surface area (Å²) in [7, 11) is 0. The SMILES string of the molecule is O=[N+]([O-])c1cc(Cl)cc(-c2cnc(CCCl)o2)c1. The number of aryl methyl sites for hydroxylation is 1. The van der Waals surface area contributed by atoms with Gasteiger partial charge in [0, 0.05) is 35.0 Å². The molecule has 18 heavy (non-hydrogen) atoms. The van der Waals surface area contributed by atoms with Crippen molar-refractivity contribution in [3.63, 3.8) is 0 Å². The second-order valence-electron chi connectivity index (χ2n) is 3.51. The Hall–Kier alpha value is -1.59. The predicted molar refractivity (Wildman–Crippen MR) is 68.0 cm³/mol. The summed E-state index contributed by atoms with van der Waals surface area (Å²) in [6.07, 6.45) is 2.00. The Morgan fingerprint density at radius 2 is 2.17 bits per heavy atom. The molecule has 2 rings (SSSR count). The van der Waals surface area contributed by atoms with E-state index in [2.05, 4.69) is 4.98 Å². The standard InChI is InChI=1S/C11H8Cl2N2O3/c12-2-1-11-14-6-10(18-11)7-3-8(13)5-9(4-7)15(16)17/h3-6H,1-2H2. The molecule has 5 nitrogen and oxygen atoms in total. The lowest BCUT2D eigenvalue weighted by Crippen LogP contribution is -1.88. The maximum atomic E-state index is 10.7. The van der Waals surface area contributed by atoms with Gasteiger partial charge in [0.05, 0.1) is 11.1 Å². The number of oxazole rings is 1. The van der Waals surface area contributed by atoms with Crippen LogP contribution in [0.2, 0.25) is 5.02 Å². The minimum absolute atomic E-state index is 0.0900. The van der Waals surface area contributed by atoms with E-state index in [4.69, 9.17) is 27.6 Å². The van der Waals surface area contributed by atoms with Gasteiger partial charge in [-0.05, 0) is 6.07 Å². The molecule has 0 radical (unpaired) electrons. The van der Waals surface area contributed by atoms with Gasteiger partial charge in [-0.3, -0.25) is 10.1 Å². The number of aromatic nitrogens is 1. The zero-order valence-corrected chi connectivity index (χ0v) is 10.6. The topological polar surface area (TPSA) is 69.2 Å². The van der Waals surface area contributed by atoms with Crippen molar-refractivity contribution >= 4 is 28.9 Å². The van der Waals surface area contributed by atoms with Crippen LogP contribution in [0.5, 0.6) is 0 Å². The van der Waals surface area contributed by atoms with Gasteiger partial charge in [0.1, 0.15) is 0 Å². The third-order valence-corrected chi connectivity index (χ3v) is 2.65. The second kappa shape index (κ2) is 5.37. The van der Waals surface area contributed by atoms with Crippen LogP contribution in [0.3, 0.4) is 0 Å². The van der Waals surface area contributed by atoms with Gasteiger partial charge in [-0.2, -0.15) is 0 Å². The number of non-ortho nitro benzene ring substituents is 1. The van der Waals surface area contributed by atoms with Gasteiger partial charge in [-0.1, -0.05) is 11.6 Å². The molecule has 0 spiro atoms. The number of nitro benzene ring substituents is 1. The van der Waals surface area contributed by atoms with Crippen LogP contribution in [0.1, 0.15) is 5.89 Å². The quantitative estimate of drug-likeness (QED) is 0.488. The Morgan fingerprint density at radius 3 is 2.83 bits per heavy atom. The first-order chi connectivity index (χ1) is 8.60. The first kappa shape index (κ1) is 12.9. The molecule has 0 saturated heterocycles. The molecule has 0 aliphatic carbocycles. The summed E-state index contributed by atoms with van der Waals surface area (Å²) in [4.78, 5) is 14.2. The molecule has 2 aromatic rings. The highest BCUT2D eigenvalue weighted by molar-refractivity contribution is 6.31. The summed E-state index contributed by atoms with van der Waals surface area (Å²) >= 11 is 11.4. The van der Waals surface area contributed by atoms with Crippen LogP contribution < -0.4 is 0 Å². The Morgan fingerprint density at radius 1 is 1.39 bits per heavy atom. The van der Waals surface area contributed by atoms with Crippen LogP contribution in [0.25, 0.3) is 11.3 Å². The van der Waals surface area contributed by atoms with Gasteiger partial charge >= 0.3 is 0 Å². The van der Waals surface area contributed by atoms with Crippen molar-refractivity contribution in [3.05, 3.63) is 45.4 Å². The minimum Gasteiger partial charge on any atom is -0.441 e. The Bertz CT molecular complexity index is 583. The number of hydrogen-bond donors (Lipinski definition) is 0. The fourth-order valence-electron chi connectivity index (χ4n) is 1.46. The van der Waals surface area contributed by atoms with E-state index in [0.29, 0.717) is 29.5 Å². The highest BCUT2D eigenvalue weighted by Crippen LogP contribution is 2.28. The highest BCUT2D eigenvalue weighted by atomic mass is 35.5. The minimum atomic E-state index is -0.509. The van der Waals surface area contributed by atoms with E-state index in [0.717, 1.165) is 0 Å². The maximum Gasteiger partial charge on any atom is 0.271 e. The van der Waals surface area contributed by atoms with Crippen molar-refractivity contribution < 1.29 is 9.34 Å². The molecule has 94 valence electrons. The average molecular weight is 287 g/mol. The Balaban J connectivity index is 2.39. The molecule has 1 heterocycles. The van der Waals surface area contributed by atoms with Crippen molar-refractivity contribution in [1.29, 1.82) is 0 Å². The molecule has 0 amide bonds. The predicted octanol–water partition coefficient (Wildman–Crippen LogP) is 3.68. The van der Waals surface area contributed by atoms with E-state index >= 15 is 0 Å². The molecular weight excluding hydrogens is 279 g/mol. The van der Waals surface area contributed by atoms with Crippen molar-refractivity contribution in [3.8, 4) is 11.3 Å². The average Bonchev–Trinajstić information content (AvgIpc) is 2.77. The van der Waals surface area contributed by atoms with E-state index in [1.165, 1.54) is 18.3 Å². The molecule has 0 aliphatic rings. The van der Waals surface area contributed by atoms with Gasteiger partial charge < -0.3 is 4.42 Å². The van der Waals surface area contributed by atoms with Gasteiger partial charge in [0.25, 0.3) is 5.69 Å². The number of alkyl halides is 1. The highest BCUT2D eigenvalue weighted by Gasteiger charge is 2.13.